The topological polar surface area (TPSA) is 99.4 Å². The molecule has 6 nitrogen and oxygen atoms in total. The lowest BCUT2D eigenvalue weighted by molar-refractivity contribution is -0.178. The van der Waals surface area contributed by atoms with Crippen LogP contribution < -0.4 is 0 Å². The fourth-order valence-electron chi connectivity index (χ4n) is 1.40. The van der Waals surface area contributed by atoms with Crippen LogP contribution in [0.4, 0.5) is 0 Å². The molecule has 5 atom stereocenters. The Kier molecular flexibility index (Phi) is 4.24. The molecule has 6 heteroatoms. The molecule has 0 radical (unpaired) electrons. The summed E-state index contributed by atoms with van der Waals surface area (Å²) in [4.78, 5) is 0. The van der Waals surface area contributed by atoms with E-state index >= 15 is 0 Å². The van der Waals surface area contributed by atoms with E-state index < -0.39 is 37.3 Å². The van der Waals surface area contributed by atoms with Crippen molar-refractivity contribution in [3.05, 3.63) is 0 Å². The highest BCUT2D eigenvalue weighted by Gasteiger charge is 2.46. The van der Waals surface area contributed by atoms with Crippen LogP contribution in [0.15, 0.2) is 0 Å². The van der Waals surface area contributed by atoms with Crippen molar-refractivity contribution in [1.29, 1.82) is 0 Å². The van der Waals surface area contributed by atoms with E-state index in [1.54, 1.807) is 6.92 Å². The van der Waals surface area contributed by atoms with Crippen molar-refractivity contribution in [3.63, 3.8) is 0 Å². The van der Waals surface area contributed by atoms with Gasteiger partial charge in [0.1, 0.15) is 24.4 Å². The molecule has 0 aliphatic carbocycles. The molecule has 1 fully saturated rings. The fraction of sp³-hybridized carbons (Fsp3) is 1.00. The lowest BCUT2D eigenvalue weighted by Crippen LogP contribution is -2.40. The van der Waals surface area contributed by atoms with Gasteiger partial charge in [0.05, 0.1) is 6.61 Å². The van der Waals surface area contributed by atoms with Gasteiger partial charge in [-0.15, -0.1) is 0 Å². The minimum atomic E-state index is -1.24. The van der Waals surface area contributed by atoms with Gasteiger partial charge in [0.25, 0.3) is 0 Å². The average molecular weight is 208 g/mol. The van der Waals surface area contributed by atoms with Crippen molar-refractivity contribution in [2.24, 2.45) is 0 Å². The van der Waals surface area contributed by atoms with E-state index in [0.29, 0.717) is 6.61 Å². The second kappa shape index (κ2) is 5.01. The highest BCUT2D eigenvalue weighted by molar-refractivity contribution is 4.90. The Morgan fingerprint density at radius 1 is 1.36 bits per heavy atom. The molecule has 0 spiro atoms. The summed E-state index contributed by atoms with van der Waals surface area (Å²) in [5.74, 6) is 0. The lowest BCUT2D eigenvalue weighted by Gasteiger charge is -2.18. The van der Waals surface area contributed by atoms with Crippen molar-refractivity contribution in [3.8, 4) is 0 Å². The minimum absolute atomic E-state index is 0.330. The summed E-state index contributed by atoms with van der Waals surface area (Å²) in [6.45, 7) is 1.52. The highest BCUT2D eigenvalue weighted by atomic mass is 16.7. The maximum Gasteiger partial charge on any atom is 0.186 e. The Labute approximate surface area is 81.7 Å². The Morgan fingerprint density at radius 3 is 2.50 bits per heavy atom. The predicted octanol–water partition coefficient (Wildman–Crippen LogP) is -2.18. The monoisotopic (exact) mass is 208 g/mol. The van der Waals surface area contributed by atoms with E-state index in [0.717, 1.165) is 0 Å². The van der Waals surface area contributed by atoms with Crippen LogP contribution in [-0.2, 0) is 9.47 Å². The molecule has 0 aromatic heterocycles. The highest BCUT2D eigenvalue weighted by Crippen LogP contribution is 2.24. The zero-order valence-electron chi connectivity index (χ0n) is 7.91. The molecule has 1 heterocycles. The standard InChI is InChI=1S/C8H16O6/c1-2-13-8-6(12)5(11)7(14-8)4(10)3-9/h4-12H,2-3H2,1H3/t4-,5+,6-,7+,8+/m1/s1. The van der Waals surface area contributed by atoms with E-state index in [9.17, 15) is 15.3 Å². The van der Waals surface area contributed by atoms with Crippen LogP contribution in [0.1, 0.15) is 6.92 Å². The summed E-state index contributed by atoms with van der Waals surface area (Å²) in [6.07, 6.45) is -5.60. The SMILES string of the molecule is CCO[C@H]1O[C@@H]([C@H](O)CO)[C@@H](O)[C@H]1O. The molecule has 1 aliphatic heterocycles. The van der Waals surface area contributed by atoms with Gasteiger partial charge < -0.3 is 29.9 Å². The third-order valence-corrected chi connectivity index (χ3v) is 2.15. The first-order chi connectivity index (χ1) is 6.61. The van der Waals surface area contributed by atoms with Gasteiger partial charge in [-0.3, -0.25) is 0 Å². The maximum atomic E-state index is 9.43. The summed E-state index contributed by atoms with van der Waals surface area (Å²) in [6, 6.07) is 0. The molecule has 4 N–H and O–H groups in total. The van der Waals surface area contributed by atoms with Crippen molar-refractivity contribution in [2.75, 3.05) is 13.2 Å². The van der Waals surface area contributed by atoms with Crippen LogP contribution in [0.5, 0.6) is 0 Å². The van der Waals surface area contributed by atoms with E-state index in [2.05, 4.69) is 0 Å². The Morgan fingerprint density at radius 2 is 2.00 bits per heavy atom. The molecule has 0 amide bonds. The maximum absolute atomic E-state index is 9.43. The fourth-order valence-corrected chi connectivity index (χ4v) is 1.40. The third-order valence-electron chi connectivity index (χ3n) is 2.15. The van der Waals surface area contributed by atoms with Crippen molar-refractivity contribution in [2.45, 2.75) is 37.6 Å². The van der Waals surface area contributed by atoms with Gasteiger partial charge in [-0.2, -0.15) is 0 Å². The van der Waals surface area contributed by atoms with Gasteiger partial charge in [-0.05, 0) is 6.92 Å². The van der Waals surface area contributed by atoms with Crippen LogP contribution in [0.2, 0.25) is 0 Å². The van der Waals surface area contributed by atoms with Gasteiger partial charge in [-0.1, -0.05) is 0 Å². The van der Waals surface area contributed by atoms with Gasteiger partial charge >= 0.3 is 0 Å². The van der Waals surface area contributed by atoms with Gasteiger partial charge in [0.15, 0.2) is 6.29 Å². The Bertz CT molecular complexity index is 173. The van der Waals surface area contributed by atoms with Crippen LogP contribution >= 0.6 is 0 Å². The number of aliphatic hydroxyl groups is 4. The van der Waals surface area contributed by atoms with E-state index in [1.807, 2.05) is 0 Å². The molecule has 14 heavy (non-hydrogen) atoms. The van der Waals surface area contributed by atoms with Crippen LogP contribution in [0.25, 0.3) is 0 Å². The normalized spacial score (nSPS) is 40.1. The van der Waals surface area contributed by atoms with E-state index in [4.69, 9.17) is 14.6 Å². The third kappa shape index (κ3) is 2.22. The molecule has 1 rings (SSSR count). The summed E-state index contributed by atoms with van der Waals surface area (Å²) >= 11 is 0. The first kappa shape index (κ1) is 11.8. The van der Waals surface area contributed by atoms with Crippen LogP contribution in [0.3, 0.4) is 0 Å². The number of ether oxygens (including phenoxy) is 2. The number of rotatable bonds is 4. The van der Waals surface area contributed by atoms with Gasteiger partial charge in [0.2, 0.25) is 0 Å². The quantitative estimate of drug-likeness (QED) is 0.419. The molecular formula is C8H16O6. The molecule has 0 saturated carbocycles. The van der Waals surface area contributed by atoms with Crippen molar-refractivity contribution < 1.29 is 29.9 Å². The van der Waals surface area contributed by atoms with E-state index in [1.165, 1.54) is 0 Å². The average Bonchev–Trinajstić information content (AvgIpc) is 2.46. The first-order valence-corrected chi connectivity index (χ1v) is 4.54. The lowest BCUT2D eigenvalue weighted by atomic mass is 10.1. The second-order valence-electron chi connectivity index (χ2n) is 3.16. The first-order valence-electron chi connectivity index (χ1n) is 4.54. The molecule has 0 bridgehead atoms. The smallest absolute Gasteiger partial charge is 0.186 e. The Hall–Kier alpha value is -0.240. The van der Waals surface area contributed by atoms with Gasteiger partial charge in [-0.25, -0.2) is 0 Å². The molecule has 0 aromatic carbocycles. The van der Waals surface area contributed by atoms with Gasteiger partial charge in [0, 0.05) is 6.61 Å². The molecule has 84 valence electrons. The predicted molar refractivity (Wildman–Crippen MR) is 45.4 cm³/mol. The second-order valence-corrected chi connectivity index (χ2v) is 3.16. The summed E-state index contributed by atoms with van der Waals surface area (Å²) in [7, 11) is 0. The molecule has 1 aliphatic rings. The molecule has 1 saturated heterocycles. The summed E-state index contributed by atoms with van der Waals surface area (Å²) < 4.78 is 10.0. The van der Waals surface area contributed by atoms with E-state index in [-0.39, 0.29) is 0 Å². The number of hydrogen-bond acceptors (Lipinski definition) is 6. The summed E-state index contributed by atoms with van der Waals surface area (Å²) in [5.41, 5.74) is 0. The van der Waals surface area contributed by atoms with Crippen molar-refractivity contribution >= 4 is 0 Å². The minimum Gasteiger partial charge on any atom is -0.394 e. The largest absolute Gasteiger partial charge is 0.394 e. The van der Waals surface area contributed by atoms with Crippen LogP contribution in [0, 0.1) is 0 Å². The molecule has 0 unspecified atom stereocenters. The van der Waals surface area contributed by atoms with Crippen LogP contribution in [-0.4, -0.2) is 64.3 Å². The Balaban J connectivity index is 2.57. The number of hydrogen-bond donors (Lipinski definition) is 4. The van der Waals surface area contributed by atoms with Crippen molar-refractivity contribution in [1.82, 2.24) is 0 Å². The number of aliphatic hydroxyl groups excluding tert-OH is 4. The molecule has 0 aromatic rings. The molecular weight excluding hydrogens is 192 g/mol. The summed E-state index contributed by atoms with van der Waals surface area (Å²) in [5, 5.41) is 36.7. The zero-order chi connectivity index (χ0) is 10.7. The zero-order valence-corrected chi connectivity index (χ0v) is 7.91.